The molecule has 0 aliphatic heterocycles. The van der Waals surface area contributed by atoms with Crippen molar-refractivity contribution in [2.75, 3.05) is 6.54 Å². The zero-order valence-corrected chi connectivity index (χ0v) is 7.83. The third kappa shape index (κ3) is 1.88. The van der Waals surface area contributed by atoms with Gasteiger partial charge < -0.3 is 5.73 Å². The highest BCUT2D eigenvalue weighted by Crippen LogP contribution is 2.56. The lowest BCUT2D eigenvalue weighted by Gasteiger charge is -2.27. The predicted molar refractivity (Wildman–Crippen MR) is 49.9 cm³/mol. The predicted octanol–water partition coefficient (Wildman–Crippen LogP) is 2.34. The Morgan fingerprint density at radius 2 is 1.64 bits per heavy atom. The molecule has 11 heavy (non-hydrogen) atoms. The quantitative estimate of drug-likeness (QED) is 0.651. The molecule has 2 fully saturated rings. The van der Waals surface area contributed by atoms with Crippen LogP contribution in [0.1, 0.15) is 38.5 Å². The van der Waals surface area contributed by atoms with Gasteiger partial charge in [-0.3, -0.25) is 0 Å². The highest BCUT2D eigenvalue weighted by Gasteiger charge is 2.44. The molecule has 2 aliphatic rings. The van der Waals surface area contributed by atoms with Crippen LogP contribution in [0, 0.1) is 11.3 Å². The first-order chi connectivity index (χ1) is 4.85. The molecule has 0 aromatic rings. The van der Waals surface area contributed by atoms with E-state index in [0.717, 1.165) is 17.9 Å². The monoisotopic (exact) mass is 175 g/mol. The Morgan fingerprint density at radius 1 is 1.09 bits per heavy atom. The van der Waals surface area contributed by atoms with Crippen LogP contribution in [0.15, 0.2) is 0 Å². The lowest BCUT2D eigenvalue weighted by atomic mass is 9.80. The Kier molecular flexibility index (Phi) is 2.82. The van der Waals surface area contributed by atoms with Gasteiger partial charge in [0, 0.05) is 0 Å². The third-order valence-corrected chi connectivity index (χ3v) is 3.46. The molecule has 0 bridgehead atoms. The summed E-state index contributed by atoms with van der Waals surface area (Å²) >= 11 is 0. The van der Waals surface area contributed by atoms with Crippen LogP contribution in [0.3, 0.4) is 0 Å². The molecule has 66 valence electrons. The van der Waals surface area contributed by atoms with Crippen LogP contribution in [0.4, 0.5) is 0 Å². The summed E-state index contributed by atoms with van der Waals surface area (Å²) in [6.07, 6.45) is 8.82. The molecule has 0 atom stereocenters. The van der Waals surface area contributed by atoms with Gasteiger partial charge in [-0.1, -0.05) is 0 Å². The van der Waals surface area contributed by atoms with Crippen LogP contribution in [-0.2, 0) is 0 Å². The van der Waals surface area contributed by atoms with Gasteiger partial charge in [0.1, 0.15) is 0 Å². The first-order valence-electron chi connectivity index (χ1n) is 4.55. The van der Waals surface area contributed by atoms with E-state index in [4.69, 9.17) is 5.73 Å². The molecule has 0 amide bonds. The van der Waals surface area contributed by atoms with Crippen LogP contribution in [0.5, 0.6) is 0 Å². The molecule has 1 nitrogen and oxygen atoms in total. The molecular weight excluding hydrogens is 158 g/mol. The maximum absolute atomic E-state index is 5.61. The van der Waals surface area contributed by atoms with Gasteiger partial charge in [0.25, 0.3) is 0 Å². The summed E-state index contributed by atoms with van der Waals surface area (Å²) < 4.78 is 0. The Labute approximate surface area is 75.1 Å². The Balaban J connectivity index is 0.000000605. The largest absolute Gasteiger partial charge is 0.330 e. The maximum atomic E-state index is 5.61. The molecule has 1 spiro atoms. The van der Waals surface area contributed by atoms with Crippen LogP contribution in [0.2, 0.25) is 0 Å². The van der Waals surface area contributed by atoms with Crippen LogP contribution >= 0.6 is 12.4 Å². The molecule has 2 aliphatic carbocycles. The van der Waals surface area contributed by atoms with Gasteiger partial charge in [-0.05, 0) is 56.4 Å². The average Bonchev–Trinajstić information content (AvgIpc) is 2.72. The van der Waals surface area contributed by atoms with Gasteiger partial charge in [0.15, 0.2) is 0 Å². The zero-order valence-electron chi connectivity index (χ0n) is 7.01. The van der Waals surface area contributed by atoms with Crippen LogP contribution in [0.25, 0.3) is 0 Å². The normalized spacial score (nSPS) is 28.1. The number of hydrogen-bond acceptors (Lipinski definition) is 1. The summed E-state index contributed by atoms with van der Waals surface area (Å²) in [6, 6.07) is 0. The molecule has 2 heteroatoms. The molecule has 2 saturated carbocycles. The van der Waals surface area contributed by atoms with Crippen molar-refractivity contribution in [1.29, 1.82) is 0 Å². The fraction of sp³-hybridized carbons (Fsp3) is 1.00. The molecule has 2 rings (SSSR count). The topological polar surface area (TPSA) is 26.0 Å². The smallest absolute Gasteiger partial charge is 0.00489 e. The molecule has 0 heterocycles. The van der Waals surface area contributed by atoms with Crippen molar-refractivity contribution in [3.8, 4) is 0 Å². The van der Waals surface area contributed by atoms with Crippen molar-refractivity contribution < 1.29 is 0 Å². The minimum atomic E-state index is 0. The summed E-state index contributed by atoms with van der Waals surface area (Å²) in [5.41, 5.74) is 6.47. The van der Waals surface area contributed by atoms with E-state index >= 15 is 0 Å². The summed E-state index contributed by atoms with van der Waals surface area (Å²) in [4.78, 5) is 0. The summed E-state index contributed by atoms with van der Waals surface area (Å²) in [5.74, 6) is 0.867. The van der Waals surface area contributed by atoms with Crippen molar-refractivity contribution in [1.82, 2.24) is 0 Å². The second-order valence-electron chi connectivity index (χ2n) is 4.18. The molecule has 0 saturated heterocycles. The SMILES string of the molecule is Cl.NCC1CCC2(CC1)CC2. The fourth-order valence-electron chi connectivity index (χ4n) is 2.20. The van der Waals surface area contributed by atoms with Gasteiger partial charge in [-0.2, -0.15) is 0 Å². The molecular formula is C9H18ClN. The Morgan fingerprint density at radius 3 is 2.00 bits per heavy atom. The average molecular weight is 176 g/mol. The minimum absolute atomic E-state index is 0. The van der Waals surface area contributed by atoms with E-state index < -0.39 is 0 Å². The molecule has 2 N–H and O–H groups in total. The van der Waals surface area contributed by atoms with E-state index in [2.05, 4.69) is 0 Å². The minimum Gasteiger partial charge on any atom is -0.330 e. The van der Waals surface area contributed by atoms with Crippen LogP contribution in [-0.4, -0.2) is 6.54 Å². The van der Waals surface area contributed by atoms with E-state index in [1.165, 1.54) is 38.5 Å². The standard InChI is InChI=1S/C9H17N.ClH/c10-7-8-1-3-9(4-2-8)5-6-9;/h8H,1-7,10H2;1H. The van der Waals surface area contributed by atoms with Crippen molar-refractivity contribution in [3.05, 3.63) is 0 Å². The lowest BCUT2D eigenvalue weighted by Crippen LogP contribution is -2.21. The van der Waals surface area contributed by atoms with Crippen LogP contribution < -0.4 is 5.73 Å². The van der Waals surface area contributed by atoms with Crippen molar-refractivity contribution >= 4 is 12.4 Å². The number of halogens is 1. The number of hydrogen-bond donors (Lipinski definition) is 1. The Hall–Kier alpha value is 0.250. The summed E-state index contributed by atoms with van der Waals surface area (Å²) in [6.45, 7) is 0.927. The molecule has 0 unspecified atom stereocenters. The first kappa shape index (κ1) is 9.34. The number of rotatable bonds is 1. The summed E-state index contributed by atoms with van der Waals surface area (Å²) in [7, 11) is 0. The summed E-state index contributed by atoms with van der Waals surface area (Å²) in [5, 5.41) is 0. The van der Waals surface area contributed by atoms with Crippen molar-refractivity contribution in [2.45, 2.75) is 38.5 Å². The molecule has 0 aromatic heterocycles. The van der Waals surface area contributed by atoms with E-state index in [1.807, 2.05) is 0 Å². The number of nitrogens with two attached hydrogens (primary N) is 1. The third-order valence-electron chi connectivity index (χ3n) is 3.46. The van der Waals surface area contributed by atoms with Crippen molar-refractivity contribution in [3.63, 3.8) is 0 Å². The van der Waals surface area contributed by atoms with Gasteiger partial charge in [0.2, 0.25) is 0 Å². The van der Waals surface area contributed by atoms with Crippen molar-refractivity contribution in [2.24, 2.45) is 17.1 Å². The van der Waals surface area contributed by atoms with Gasteiger partial charge in [-0.25, -0.2) is 0 Å². The molecule has 0 radical (unpaired) electrons. The van der Waals surface area contributed by atoms with Gasteiger partial charge in [0.05, 0.1) is 0 Å². The highest BCUT2D eigenvalue weighted by atomic mass is 35.5. The van der Waals surface area contributed by atoms with E-state index in [1.54, 1.807) is 0 Å². The fourth-order valence-corrected chi connectivity index (χ4v) is 2.20. The zero-order chi connectivity index (χ0) is 7.03. The second kappa shape index (κ2) is 3.32. The van der Waals surface area contributed by atoms with Gasteiger partial charge in [-0.15, -0.1) is 12.4 Å². The van der Waals surface area contributed by atoms with E-state index in [-0.39, 0.29) is 12.4 Å². The molecule has 0 aromatic carbocycles. The second-order valence-corrected chi connectivity index (χ2v) is 4.18. The lowest BCUT2D eigenvalue weighted by molar-refractivity contribution is 0.262. The van der Waals surface area contributed by atoms with Gasteiger partial charge >= 0.3 is 0 Å². The maximum Gasteiger partial charge on any atom is -0.00489 e. The first-order valence-corrected chi connectivity index (χ1v) is 4.55. The van der Waals surface area contributed by atoms with E-state index in [9.17, 15) is 0 Å². The van der Waals surface area contributed by atoms with E-state index in [0.29, 0.717) is 0 Å². The highest BCUT2D eigenvalue weighted by molar-refractivity contribution is 5.85. The Bertz CT molecular complexity index is 122.